The molecule has 3 heteroatoms. The Balaban J connectivity index is 2.18. The van der Waals surface area contributed by atoms with Crippen molar-refractivity contribution >= 4 is 39.7 Å². The zero-order chi connectivity index (χ0) is 13.1. The second-order valence-electron chi connectivity index (χ2n) is 4.63. The lowest BCUT2D eigenvalue weighted by molar-refractivity contribution is 0.867. The predicted molar refractivity (Wildman–Crippen MR) is 87.4 cm³/mol. The van der Waals surface area contributed by atoms with Crippen LogP contribution in [0.4, 0.5) is 17.1 Å². The van der Waals surface area contributed by atoms with E-state index in [1.807, 2.05) is 18.2 Å². The highest BCUT2D eigenvalue weighted by atomic mass is 127. The first kappa shape index (κ1) is 13.2. The van der Waals surface area contributed by atoms with E-state index in [9.17, 15) is 0 Å². The molecule has 0 saturated carbocycles. The van der Waals surface area contributed by atoms with Crippen molar-refractivity contribution in [2.75, 3.05) is 11.1 Å². The second kappa shape index (κ2) is 5.61. The lowest BCUT2D eigenvalue weighted by atomic mass is 10.0. The van der Waals surface area contributed by atoms with Crippen molar-refractivity contribution in [3.05, 3.63) is 51.6 Å². The summed E-state index contributed by atoms with van der Waals surface area (Å²) in [5.74, 6) is 0.558. The van der Waals surface area contributed by atoms with Crippen molar-refractivity contribution < 1.29 is 0 Å². The van der Waals surface area contributed by atoms with Gasteiger partial charge in [-0.3, -0.25) is 0 Å². The molecule has 0 aliphatic carbocycles. The van der Waals surface area contributed by atoms with Gasteiger partial charge >= 0.3 is 0 Å². The van der Waals surface area contributed by atoms with Crippen LogP contribution in [0.5, 0.6) is 0 Å². The normalized spacial score (nSPS) is 10.7. The average molecular weight is 352 g/mol. The standard InChI is InChI=1S/C15H17IN2/c1-10(2)11-3-6-13(7-4-11)18-15-8-5-12(16)9-14(15)17/h3-10,18H,17H2,1-2H3. The van der Waals surface area contributed by atoms with Gasteiger partial charge in [-0.1, -0.05) is 26.0 Å². The van der Waals surface area contributed by atoms with E-state index < -0.39 is 0 Å². The predicted octanol–water partition coefficient (Wildman–Crippen LogP) is 4.74. The van der Waals surface area contributed by atoms with Gasteiger partial charge in [0.25, 0.3) is 0 Å². The molecule has 18 heavy (non-hydrogen) atoms. The molecule has 94 valence electrons. The molecule has 0 radical (unpaired) electrons. The summed E-state index contributed by atoms with van der Waals surface area (Å²) < 4.78 is 1.14. The summed E-state index contributed by atoms with van der Waals surface area (Å²) in [6.45, 7) is 4.39. The van der Waals surface area contributed by atoms with Gasteiger partial charge in [-0.2, -0.15) is 0 Å². The molecule has 0 fully saturated rings. The van der Waals surface area contributed by atoms with E-state index in [0.717, 1.165) is 20.6 Å². The number of nitrogens with one attached hydrogen (secondary N) is 1. The summed E-state index contributed by atoms with van der Waals surface area (Å²) in [4.78, 5) is 0. The fourth-order valence-corrected chi connectivity index (χ4v) is 2.27. The van der Waals surface area contributed by atoms with Gasteiger partial charge in [-0.05, 0) is 64.4 Å². The van der Waals surface area contributed by atoms with E-state index in [2.05, 4.69) is 66.0 Å². The van der Waals surface area contributed by atoms with Crippen LogP contribution < -0.4 is 11.1 Å². The summed E-state index contributed by atoms with van der Waals surface area (Å²) in [5.41, 5.74) is 10.1. The van der Waals surface area contributed by atoms with Crippen molar-refractivity contribution in [2.24, 2.45) is 0 Å². The van der Waals surface area contributed by atoms with Gasteiger partial charge in [0.1, 0.15) is 0 Å². The summed E-state index contributed by atoms with van der Waals surface area (Å²) in [7, 11) is 0. The Morgan fingerprint density at radius 2 is 1.72 bits per heavy atom. The summed E-state index contributed by atoms with van der Waals surface area (Å²) in [6.07, 6.45) is 0. The minimum atomic E-state index is 0.558. The molecule has 0 aromatic heterocycles. The van der Waals surface area contributed by atoms with E-state index in [4.69, 9.17) is 5.73 Å². The lowest BCUT2D eigenvalue weighted by Gasteiger charge is -2.11. The number of hydrogen-bond acceptors (Lipinski definition) is 2. The molecule has 0 aliphatic heterocycles. The third-order valence-electron chi connectivity index (χ3n) is 2.87. The Hall–Kier alpha value is -1.23. The van der Waals surface area contributed by atoms with Gasteiger partial charge in [0.15, 0.2) is 0 Å². The van der Waals surface area contributed by atoms with Crippen molar-refractivity contribution in [3.8, 4) is 0 Å². The highest BCUT2D eigenvalue weighted by molar-refractivity contribution is 14.1. The topological polar surface area (TPSA) is 38.0 Å². The first-order valence-electron chi connectivity index (χ1n) is 5.98. The van der Waals surface area contributed by atoms with Crippen LogP contribution in [0.1, 0.15) is 25.3 Å². The van der Waals surface area contributed by atoms with E-state index in [1.54, 1.807) is 0 Å². The Bertz CT molecular complexity index is 533. The fraction of sp³-hybridized carbons (Fsp3) is 0.200. The second-order valence-corrected chi connectivity index (χ2v) is 5.88. The lowest BCUT2D eigenvalue weighted by Crippen LogP contribution is -1.97. The molecule has 0 atom stereocenters. The zero-order valence-corrected chi connectivity index (χ0v) is 12.7. The smallest absolute Gasteiger partial charge is 0.0618 e. The summed E-state index contributed by atoms with van der Waals surface area (Å²) in [6, 6.07) is 14.5. The van der Waals surface area contributed by atoms with Crippen molar-refractivity contribution in [3.63, 3.8) is 0 Å². The molecule has 2 rings (SSSR count). The molecule has 2 nitrogen and oxygen atoms in total. The van der Waals surface area contributed by atoms with Gasteiger partial charge in [0.05, 0.1) is 11.4 Å². The van der Waals surface area contributed by atoms with Crippen LogP contribution in [0, 0.1) is 3.57 Å². The van der Waals surface area contributed by atoms with E-state index >= 15 is 0 Å². The molecule has 2 aromatic carbocycles. The molecule has 0 spiro atoms. The SMILES string of the molecule is CC(C)c1ccc(Nc2ccc(I)cc2N)cc1. The fourth-order valence-electron chi connectivity index (χ4n) is 1.75. The molecular weight excluding hydrogens is 335 g/mol. The monoisotopic (exact) mass is 352 g/mol. The zero-order valence-electron chi connectivity index (χ0n) is 10.6. The molecule has 0 aliphatic rings. The number of nitrogen functional groups attached to an aromatic ring is 1. The number of halogens is 1. The number of benzene rings is 2. The molecule has 0 bridgehead atoms. The molecule has 3 N–H and O–H groups in total. The largest absolute Gasteiger partial charge is 0.397 e. The van der Waals surface area contributed by atoms with Gasteiger partial charge in [-0.15, -0.1) is 0 Å². The quantitative estimate of drug-likeness (QED) is 0.619. The van der Waals surface area contributed by atoms with Crippen molar-refractivity contribution in [1.82, 2.24) is 0 Å². The van der Waals surface area contributed by atoms with Crippen LogP contribution in [0.25, 0.3) is 0 Å². The minimum absolute atomic E-state index is 0.558. The molecule has 0 saturated heterocycles. The van der Waals surface area contributed by atoms with E-state index in [-0.39, 0.29) is 0 Å². The van der Waals surface area contributed by atoms with Crippen LogP contribution in [0.3, 0.4) is 0 Å². The van der Waals surface area contributed by atoms with Crippen LogP contribution in [0.15, 0.2) is 42.5 Å². The Morgan fingerprint density at radius 1 is 1.06 bits per heavy atom. The van der Waals surface area contributed by atoms with Crippen LogP contribution in [0.2, 0.25) is 0 Å². The Morgan fingerprint density at radius 3 is 2.28 bits per heavy atom. The Labute approximate surface area is 122 Å². The van der Waals surface area contributed by atoms with Crippen LogP contribution in [-0.4, -0.2) is 0 Å². The van der Waals surface area contributed by atoms with Gasteiger partial charge in [0, 0.05) is 9.26 Å². The highest BCUT2D eigenvalue weighted by Crippen LogP contribution is 2.25. The number of nitrogens with two attached hydrogens (primary N) is 1. The Kier molecular flexibility index (Phi) is 4.11. The minimum Gasteiger partial charge on any atom is -0.397 e. The maximum Gasteiger partial charge on any atom is 0.0618 e. The highest BCUT2D eigenvalue weighted by Gasteiger charge is 2.02. The van der Waals surface area contributed by atoms with Crippen molar-refractivity contribution in [1.29, 1.82) is 0 Å². The summed E-state index contributed by atoms with van der Waals surface area (Å²) >= 11 is 2.26. The molecule has 0 unspecified atom stereocenters. The molecule has 0 heterocycles. The molecular formula is C15H17IN2. The third kappa shape index (κ3) is 3.16. The number of hydrogen-bond donors (Lipinski definition) is 2. The van der Waals surface area contributed by atoms with Gasteiger partial charge in [-0.25, -0.2) is 0 Å². The first-order chi connectivity index (χ1) is 8.56. The van der Waals surface area contributed by atoms with Crippen LogP contribution >= 0.6 is 22.6 Å². The van der Waals surface area contributed by atoms with Gasteiger partial charge in [0.2, 0.25) is 0 Å². The van der Waals surface area contributed by atoms with Crippen molar-refractivity contribution in [2.45, 2.75) is 19.8 Å². The maximum absolute atomic E-state index is 5.98. The third-order valence-corrected chi connectivity index (χ3v) is 3.54. The first-order valence-corrected chi connectivity index (χ1v) is 7.06. The number of rotatable bonds is 3. The molecule has 2 aromatic rings. The van der Waals surface area contributed by atoms with E-state index in [0.29, 0.717) is 5.92 Å². The average Bonchev–Trinajstić information content (AvgIpc) is 2.33. The van der Waals surface area contributed by atoms with E-state index in [1.165, 1.54) is 5.56 Å². The maximum atomic E-state index is 5.98. The molecule has 0 amide bonds. The van der Waals surface area contributed by atoms with Crippen LogP contribution in [-0.2, 0) is 0 Å². The van der Waals surface area contributed by atoms with Gasteiger partial charge < -0.3 is 11.1 Å². The number of anilines is 3. The summed E-state index contributed by atoms with van der Waals surface area (Å²) in [5, 5.41) is 3.34.